The summed E-state index contributed by atoms with van der Waals surface area (Å²) in [6, 6.07) is 5.04. The molecule has 0 saturated carbocycles. The molecule has 2 atom stereocenters. The Morgan fingerprint density at radius 2 is 1.94 bits per heavy atom. The van der Waals surface area contributed by atoms with Gasteiger partial charge in [-0.25, -0.2) is 0 Å². The minimum Gasteiger partial charge on any atom is -0.497 e. The summed E-state index contributed by atoms with van der Waals surface area (Å²) in [5.74, 6) is 1.27. The lowest BCUT2D eigenvalue weighted by molar-refractivity contribution is 0.0321. The van der Waals surface area contributed by atoms with Crippen LogP contribution in [0.3, 0.4) is 0 Å². The van der Waals surface area contributed by atoms with E-state index >= 15 is 0 Å². The Morgan fingerprint density at radius 1 is 1.25 bits per heavy atom. The van der Waals surface area contributed by atoms with Crippen molar-refractivity contribution in [1.82, 2.24) is 0 Å². The zero-order chi connectivity index (χ0) is 12.1. The van der Waals surface area contributed by atoms with Gasteiger partial charge in [0.2, 0.25) is 0 Å². The summed E-state index contributed by atoms with van der Waals surface area (Å²) in [5, 5.41) is 19.4. The number of ether oxygens (including phenoxy) is 2. The predicted molar refractivity (Wildman–Crippen MR) is 64.4 cm³/mol. The summed E-state index contributed by atoms with van der Waals surface area (Å²) in [7, 11) is 3.04. The van der Waals surface area contributed by atoms with E-state index in [1.165, 1.54) is 14.2 Å². The van der Waals surface area contributed by atoms with Crippen molar-refractivity contribution in [3.05, 3.63) is 23.8 Å². The molecule has 0 aliphatic heterocycles. The van der Waals surface area contributed by atoms with Crippen LogP contribution in [0.1, 0.15) is 11.7 Å². The Bertz CT molecular complexity index is 343. The maximum atomic E-state index is 9.89. The summed E-state index contributed by atoms with van der Waals surface area (Å²) in [6.07, 6.45) is -1.98. The standard InChI is InChI=1S/C11H16O4S/c1-14-7-3-4-10(15-2)8(5-7)11(13)9(12)6-16/h3-5,9,11-13,16H,6H2,1-2H3. The molecule has 0 fully saturated rings. The summed E-state index contributed by atoms with van der Waals surface area (Å²) in [6.45, 7) is 0. The zero-order valence-corrected chi connectivity index (χ0v) is 10.1. The smallest absolute Gasteiger partial charge is 0.125 e. The number of hydrogen-bond acceptors (Lipinski definition) is 5. The van der Waals surface area contributed by atoms with Crippen LogP contribution in [0, 0.1) is 0 Å². The third kappa shape index (κ3) is 2.81. The van der Waals surface area contributed by atoms with Crippen LogP contribution >= 0.6 is 12.6 Å². The maximum Gasteiger partial charge on any atom is 0.125 e. The van der Waals surface area contributed by atoms with Crippen molar-refractivity contribution in [2.24, 2.45) is 0 Å². The van der Waals surface area contributed by atoms with Gasteiger partial charge in [0, 0.05) is 11.3 Å². The highest BCUT2D eigenvalue weighted by atomic mass is 32.1. The van der Waals surface area contributed by atoms with Gasteiger partial charge in [-0.05, 0) is 18.2 Å². The van der Waals surface area contributed by atoms with E-state index in [2.05, 4.69) is 12.6 Å². The number of rotatable bonds is 5. The number of aliphatic hydroxyl groups excluding tert-OH is 2. The Labute approximate surface area is 100 Å². The van der Waals surface area contributed by atoms with Crippen molar-refractivity contribution >= 4 is 12.6 Å². The van der Waals surface area contributed by atoms with E-state index in [0.29, 0.717) is 17.1 Å². The van der Waals surface area contributed by atoms with Crippen molar-refractivity contribution in [1.29, 1.82) is 0 Å². The molecular formula is C11H16O4S. The first-order valence-electron chi connectivity index (χ1n) is 4.83. The zero-order valence-electron chi connectivity index (χ0n) is 9.25. The molecule has 0 saturated heterocycles. The highest BCUT2D eigenvalue weighted by molar-refractivity contribution is 7.80. The highest BCUT2D eigenvalue weighted by Gasteiger charge is 2.21. The lowest BCUT2D eigenvalue weighted by atomic mass is 10.0. The summed E-state index contributed by atoms with van der Waals surface area (Å²) in [4.78, 5) is 0. The molecule has 0 spiro atoms. The van der Waals surface area contributed by atoms with Crippen LogP contribution in [0.5, 0.6) is 11.5 Å². The fraction of sp³-hybridized carbons (Fsp3) is 0.455. The monoisotopic (exact) mass is 244 g/mol. The van der Waals surface area contributed by atoms with E-state index < -0.39 is 12.2 Å². The third-order valence-corrected chi connectivity index (χ3v) is 2.68. The lowest BCUT2D eigenvalue weighted by Gasteiger charge is -2.19. The van der Waals surface area contributed by atoms with Gasteiger partial charge in [0.1, 0.15) is 17.6 Å². The highest BCUT2D eigenvalue weighted by Crippen LogP contribution is 2.31. The molecule has 0 aliphatic carbocycles. The second-order valence-corrected chi connectivity index (χ2v) is 3.67. The summed E-state index contributed by atoms with van der Waals surface area (Å²) >= 11 is 3.94. The number of thiol groups is 1. The summed E-state index contributed by atoms with van der Waals surface area (Å²) < 4.78 is 10.2. The molecule has 0 heterocycles. The predicted octanol–water partition coefficient (Wildman–Crippen LogP) is 1.03. The minimum atomic E-state index is -1.04. The average Bonchev–Trinajstić information content (AvgIpc) is 2.35. The molecule has 0 bridgehead atoms. The SMILES string of the molecule is COc1ccc(OC)c(C(O)C(O)CS)c1. The Morgan fingerprint density at radius 3 is 2.44 bits per heavy atom. The van der Waals surface area contributed by atoms with Crippen LogP contribution in [-0.2, 0) is 0 Å². The van der Waals surface area contributed by atoms with Crippen molar-refractivity contribution in [3.63, 3.8) is 0 Å². The molecule has 2 unspecified atom stereocenters. The molecule has 0 aliphatic rings. The molecule has 0 aromatic heterocycles. The maximum absolute atomic E-state index is 9.89. The van der Waals surface area contributed by atoms with Gasteiger partial charge in [0.05, 0.1) is 20.3 Å². The van der Waals surface area contributed by atoms with Crippen LogP contribution in [0.4, 0.5) is 0 Å². The van der Waals surface area contributed by atoms with E-state index in [0.717, 1.165) is 0 Å². The molecule has 0 radical (unpaired) electrons. The van der Waals surface area contributed by atoms with Gasteiger partial charge in [-0.3, -0.25) is 0 Å². The number of aliphatic hydroxyl groups is 2. The van der Waals surface area contributed by atoms with E-state index in [1.807, 2.05) is 0 Å². The van der Waals surface area contributed by atoms with E-state index in [-0.39, 0.29) is 5.75 Å². The normalized spacial score (nSPS) is 14.3. The summed E-state index contributed by atoms with van der Waals surface area (Å²) in [5.41, 5.74) is 0.489. The largest absolute Gasteiger partial charge is 0.497 e. The molecule has 1 aromatic rings. The molecule has 4 nitrogen and oxygen atoms in total. The van der Waals surface area contributed by atoms with E-state index in [9.17, 15) is 10.2 Å². The van der Waals surface area contributed by atoms with Crippen LogP contribution in [0.2, 0.25) is 0 Å². The molecule has 2 N–H and O–H groups in total. The molecule has 1 rings (SSSR count). The van der Waals surface area contributed by atoms with Gasteiger partial charge in [0.25, 0.3) is 0 Å². The molecular weight excluding hydrogens is 228 g/mol. The Balaban J connectivity index is 3.07. The second-order valence-electron chi connectivity index (χ2n) is 3.30. The van der Waals surface area contributed by atoms with Crippen LogP contribution in [0.25, 0.3) is 0 Å². The molecule has 0 amide bonds. The van der Waals surface area contributed by atoms with Gasteiger partial charge in [0.15, 0.2) is 0 Å². The van der Waals surface area contributed by atoms with Crippen molar-refractivity contribution in [2.75, 3.05) is 20.0 Å². The van der Waals surface area contributed by atoms with Gasteiger partial charge in [-0.2, -0.15) is 12.6 Å². The molecule has 16 heavy (non-hydrogen) atoms. The van der Waals surface area contributed by atoms with Crippen molar-refractivity contribution in [2.45, 2.75) is 12.2 Å². The third-order valence-electron chi connectivity index (χ3n) is 2.31. The van der Waals surface area contributed by atoms with Crippen molar-refractivity contribution < 1.29 is 19.7 Å². The first kappa shape index (κ1) is 13.2. The quantitative estimate of drug-likeness (QED) is 0.677. The molecule has 90 valence electrons. The number of methoxy groups -OCH3 is 2. The second kappa shape index (κ2) is 5.98. The van der Waals surface area contributed by atoms with E-state index in [4.69, 9.17) is 9.47 Å². The van der Waals surface area contributed by atoms with Gasteiger partial charge in [-0.15, -0.1) is 0 Å². The topological polar surface area (TPSA) is 58.9 Å². The van der Waals surface area contributed by atoms with Gasteiger partial charge in [-0.1, -0.05) is 0 Å². The van der Waals surface area contributed by atoms with Gasteiger partial charge >= 0.3 is 0 Å². The lowest BCUT2D eigenvalue weighted by Crippen LogP contribution is -2.20. The van der Waals surface area contributed by atoms with Crippen LogP contribution in [-0.4, -0.2) is 36.3 Å². The van der Waals surface area contributed by atoms with E-state index in [1.54, 1.807) is 18.2 Å². The van der Waals surface area contributed by atoms with Crippen LogP contribution in [0.15, 0.2) is 18.2 Å². The Hall–Kier alpha value is -0.910. The van der Waals surface area contributed by atoms with Crippen molar-refractivity contribution in [3.8, 4) is 11.5 Å². The fourth-order valence-corrected chi connectivity index (χ4v) is 1.58. The fourth-order valence-electron chi connectivity index (χ4n) is 1.38. The average molecular weight is 244 g/mol. The molecule has 1 aromatic carbocycles. The first-order chi connectivity index (χ1) is 7.63. The van der Waals surface area contributed by atoms with Crippen LogP contribution < -0.4 is 9.47 Å². The van der Waals surface area contributed by atoms with Gasteiger partial charge < -0.3 is 19.7 Å². The first-order valence-corrected chi connectivity index (χ1v) is 5.46. The minimum absolute atomic E-state index is 0.168. The molecule has 5 heteroatoms. The number of hydrogen-bond donors (Lipinski definition) is 3. The Kier molecular flexibility index (Phi) is 4.92. The number of benzene rings is 1.